The van der Waals surface area contributed by atoms with Crippen molar-refractivity contribution < 1.29 is 0 Å². The van der Waals surface area contributed by atoms with E-state index in [9.17, 15) is 0 Å². The molecule has 0 spiro atoms. The predicted octanol–water partition coefficient (Wildman–Crippen LogP) is 4.28. The number of aromatic nitrogens is 2. The second kappa shape index (κ2) is 5.29. The molecule has 0 aliphatic rings. The summed E-state index contributed by atoms with van der Waals surface area (Å²) in [6.07, 6.45) is 2.87. The molecular formula is C17H17ClN2. The number of rotatable bonds is 3. The van der Waals surface area contributed by atoms with Gasteiger partial charge in [-0.2, -0.15) is 0 Å². The molecule has 0 radical (unpaired) electrons. The van der Waals surface area contributed by atoms with E-state index in [0.29, 0.717) is 5.88 Å². The van der Waals surface area contributed by atoms with Crippen LogP contribution in [-0.4, -0.2) is 9.38 Å². The molecule has 0 atom stereocenters. The number of fused-ring (bicyclic) bond motifs is 1. The average molecular weight is 285 g/mol. The van der Waals surface area contributed by atoms with Gasteiger partial charge < -0.3 is 4.40 Å². The summed E-state index contributed by atoms with van der Waals surface area (Å²) < 4.78 is 2.09. The first-order chi connectivity index (χ1) is 9.67. The van der Waals surface area contributed by atoms with Gasteiger partial charge in [0.1, 0.15) is 5.65 Å². The Hall–Kier alpha value is -1.80. The van der Waals surface area contributed by atoms with E-state index in [1.807, 2.05) is 6.20 Å². The molecule has 0 N–H and O–H groups in total. The van der Waals surface area contributed by atoms with Gasteiger partial charge in [0.05, 0.1) is 17.3 Å². The van der Waals surface area contributed by atoms with Crippen LogP contribution in [0, 0.1) is 13.8 Å². The molecule has 3 rings (SSSR count). The lowest BCUT2D eigenvalue weighted by atomic mass is 10.1. The van der Waals surface area contributed by atoms with Crippen molar-refractivity contribution in [1.29, 1.82) is 0 Å². The van der Waals surface area contributed by atoms with Crippen LogP contribution in [0.15, 0.2) is 42.6 Å². The standard InChI is InChI=1S/C17H17ClN2/c1-12-3-5-14(6-4-12)10-15-16(11-18)20-8-7-13(2)9-17(20)19-15/h3-9H,10-11H2,1-2H3. The monoisotopic (exact) mass is 284 g/mol. The Labute approximate surface area is 124 Å². The smallest absolute Gasteiger partial charge is 0.137 e. The Morgan fingerprint density at radius 3 is 2.50 bits per heavy atom. The number of benzene rings is 1. The van der Waals surface area contributed by atoms with Gasteiger partial charge >= 0.3 is 0 Å². The highest BCUT2D eigenvalue weighted by Gasteiger charge is 2.11. The zero-order valence-electron chi connectivity index (χ0n) is 11.7. The minimum atomic E-state index is 0.478. The predicted molar refractivity (Wildman–Crippen MR) is 83.5 cm³/mol. The van der Waals surface area contributed by atoms with Crippen LogP contribution in [0.25, 0.3) is 5.65 Å². The topological polar surface area (TPSA) is 17.3 Å². The highest BCUT2D eigenvalue weighted by Crippen LogP contribution is 2.19. The van der Waals surface area contributed by atoms with Crippen LogP contribution in [0.1, 0.15) is 28.1 Å². The van der Waals surface area contributed by atoms with E-state index in [1.165, 1.54) is 16.7 Å². The molecule has 0 fully saturated rings. The Bertz CT molecular complexity index is 742. The minimum Gasteiger partial charge on any atom is -0.303 e. The molecule has 0 amide bonds. The lowest BCUT2D eigenvalue weighted by molar-refractivity contribution is 1.03. The average Bonchev–Trinajstić information content (AvgIpc) is 2.77. The Morgan fingerprint density at radius 2 is 1.80 bits per heavy atom. The summed E-state index contributed by atoms with van der Waals surface area (Å²) in [5, 5.41) is 0. The fourth-order valence-electron chi connectivity index (χ4n) is 2.43. The zero-order valence-corrected chi connectivity index (χ0v) is 12.5. The van der Waals surface area contributed by atoms with Crippen LogP contribution < -0.4 is 0 Å². The maximum Gasteiger partial charge on any atom is 0.137 e. The van der Waals surface area contributed by atoms with Gasteiger partial charge in [0, 0.05) is 12.6 Å². The van der Waals surface area contributed by atoms with Crippen molar-refractivity contribution in [2.45, 2.75) is 26.1 Å². The van der Waals surface area contributed by atoms with Crippen LogP contribution in [0.4, 0.5) is 0 Å². The van der Waals surface area contributed by atoms with Crippen LogP contribution in [0.2, 0.25) is 0 Å². The molecule has 3 aromatic rings. The number of hydrogen-bond acceptors (Lipinski definition) is 1. The van der Waals surface area contributed by atoms with Crippen LogP contribution >= 0.6 is 11.6 Å². The van der Waals surface area contributed by atoms with Gasteiger partial charge in [-0.25, -0.2) is 4.98 Å². The van der Waals surface area contributed by atoms with Crippen molar-refractivity contribution in [3.05, 3.63) is 70.7 Å². The summed E-state index contributed by atoms with van der Waals surface area (Å²) in [5.74, 6) is 0.478. The van der Waals surface area contributed by atoms with Crippen molar-refractivity contribution in [3.63, 3.8) is 0 Å². The van der Waals surface area contributed by atoms with Gasteiger partial charge in [-0.1, -0.05) is 29.8 Å². The lowest BCUT2D eigenvalue weighted by Crippen LogP contribution is -1.95. The third kappa shape index (κ3) is 2.44. The molecule has 0 aliphatic carbocycles. The number of aryl methyl sites for hydroxylation is 2. The van der Waals surface area contributed by atoms with Gasteiger partial charge in [0.15, 0.2) is 0 Å². The van der Waals surface area contributed by atoms with Crippen molar-refractivity contribution >= 4 is 17.2 Å². The van der Waals surface area contributed by atoms with Crippen LogP contribution in [0.5, 0.6) is 0 Å². The van der Waals surface area contributed by atoms with Gasteiger partial charge in [-0.15, -0.1) is 11.6 Å². The number of halogens is 1. The summed E-state index contributed by atoms with van der Waals surface area (Å²) in [6, 6.07) is 12.8. The molecule has 2 aromatic heterocycles. The molecule has 20 heavy (non-hydrogen) atoms. The van der Waals surface area contributed by atoms with E-state index in [4.69, 9.17) is 16.6 Å². The van der Waals surface area contributed by atoms with Gasteiger partial charge in [0.25, 0.3) is 0 Å². The fraction of sp³-hybridized carbons (Fsp3) is 0.235. The number of nitrogens with zero attached hydrogens (tertiary/aromatic N) is 2. The second-order valence-corrected chi connectivity index (χ2v) is 5.50. The summed E-state index contributed by atoms with van der Waals surface area (Å²) in [4.78, 5) is 4.74. The van der Waals surface area contributed by atoms with E-state index < -0.39 is 0 Å². The van der Waals surface area contributed by atoms with Crippen molar-refractivity contribution in [1.82, 2.24) is 9.38 Å². The minimum absolute atomic E-state index is 0.478. The van der Waals surface area contributed by atoms with Gasteiger partial charge in [-0.3, -0.25) is 0 Å². The first kappa shape index (κ1) is 13.2. The molecule has 3 heteroatoms. The molecule has 2 nitrogen and oxygen atoms in total. The Morgan fingerprint density at radius 1 is 1.05 bits per heavy atom. The summed E-state index contributed by atoms with van der Waals surface area (Å²) in [5.41, 5.74) is 6.88. The lowest BCUT2D eigenvalue weighted by Gasteiger charge is -2.02. The van der Waals surface area contributed by atoms with E-state index in [-0.39, 0.29) is 0 Å². The number of alkyl halides is 1. The molecular weight excluding hydrogens is 268 g/mol. The number of imidazole rings is 1. The molecule has 0 unspecified atom stereocenters. The summed E-state index contributed by atoms with van der Waals surface area (Å²) in [7, 11) is 0. The van der Waals surface area contributed by atoms with E-state index in [2.05, 4.69) is 54.6 Å². The van der Waals surface area contributed by atoms with E-state index in [1.54, 1.807) is 0 Å². The Balaban J connectivity index is 2.04. The fourth-order valence-corrected chi connectivity index (χ4v) is 2.71. The molecule has 0 saturated carbocycles. The highest BCUT2D eigenvalue weighted by atomic mass is 35.5. The van der Waals surface area contributed by atoms with Gasteiger partial charge in [-0.05, 0) is 37.1 Å². The molecule has 102 valence electrons. The highest BCUT2D eigenvalue weighted by molar-refractivity contribution is 6.17. The van der Waals surface area contributed by atoms with E-state index >= 15 is 0 Å². The normalized spacial score (nSPS) is 11.2. The third-order valence-electron chi connectivity index (χ3n) is 3.58. The van der Waals surface area contributed by atoms with Crippen molar-refractivity contribution in [2.75, 3.05) is 0 Å². The molecule has 0 saturated heterocycles. The van der Waals surface area contributed by atoms with Gasteiger partial charge in [0.2, 0.25) is 0 Å². The molecule has 0 aliphatic heterocycles. The first-order valence-corrected chi connectivity index (χ1v) is 7.29. The third-order valence-corrected chi connectivity index (χ3v) is 3.84. The van der Waals surface area contributed by atoms with Crippen molar-refractivity contribution in [3.8, 4) is 0 Å². The molecule has 2 heterocycles. The summed E-state index contributed by atoms with van der Waals surface area (Å²) >= 11 is 6.12. The molecule has 1 aromatic carbocycles. The SMILES string of the molecule is Cc1ccc(Cc2nc3cc(C)ccn3c2CCl)cc1. The maximum atomic E-state index is 6.12. The Kier molecular flexibility index (Phi) is 3.49. The van der Waals surface area contributed by atoms with Crippen molar-refractivity contribution in [2.24, 2.45) is 0 Å². The zero-order chi connectivity index (χ0) is 14.1. The quantitative estimate of drug-likeness (QED) is 0.656. The van der Waals surface area contributed by atoms with E-state index in [0.717, 1.165) is 23.5 Å². The summed E-state index contributed by atoms with van der Waals surface area (Å²) in [6.45, 7) is 4.18. The maximum absolute atomic E-state index is 6.12. The first-order valence-electron chi connectivity index (χ1n) is 6.75. The second-order valence-electron chi connectivity index (χ2n) is 5.23. The number of hydrogen-bond donors (Lipinski definition) is 0. The van der Waals surface area contributed by atoms with Crippen LogP contribution in [0.3, 0.4) is 0 Å². The van der Waals surface area contributed by atoms with Crippen LogP contribution in [-0.2, 0) is 12.3 Å². The largest absolute Gasteiger partial charge is 0.303 e. The molecule has 0 bridgehead atoms. The number of pyridine rings is 1.